The SMILES string of the molecule is Cc1cn2c(C(C)(C)C)c3nc2c(c1C(OC(C)(C)C)C(=O)O)N1CCC(C)(CC1)OCCCCC(C)Oc1cc(F)ccc1-c1cccc-3c1. The number of carbonyl (C=O) groups is 1. The van der Waals surface area contributed by atoms with Crippen molar-refractivity contribution in [2.24, 2.45) is 0 Å². The Morgan fingerprint density at radius 3 is 2.43 bits per heavy atom. The molecule has 2 aromatic heterocycles. The summed E-state index contributed by atoms with van der Waals surface area (Å²) in [6, 6.07) is 12.9. The number of halogens is 1. The van der Waals surface area contributed by atoms with Crippen LogP contribution in [0.4, 0.5) is 10.1 Å². The molecule has 1 fully saturated rings. The van der Waals surface area contributed by atoms with Gasteiger partial charge in [0.15, 0.2) is 11.8 Å². The molecule has 0 aliphatic carbocycles. The number of benzene rings is 2. The van der Waals surface area contributed by atoms with E-state index in [4.69, 9.17) is 19.2 Å². The zero-order valence-corrected chi connectivity index (χ0v) is 31.7. The average molecular weight is 700 g/mol. The molecule has 7 rings (SSSR count). The van der Waals surface area contributed by atoms with Crippen molar-refractivity contribution in [1.29, 1.82) is 0 Å². The van der Waals surface area contributed by atoms with Crippen LogP contribution in [0.5, 0.6) is 5.75 Å². The third-order valence-electron chi connectivity index (χ3n) is 10.1. The van der Waals surface area contributed by atoms with E-state index in [1.54, 1.807) is 6.07 Å². The van der Waals surface area contributed by atoms with Crippen LogP contribution in [-0.4, -0.2) is 57.5 Å². The number of imidazole rings is 1. The fraction of sp³-hybridized carbons (Fsp3) is 0.524. The molecule has 2 unspecified atom stereocenters. The topological polar surface area (TPSA) is 85.5 Å². The van der Waals surface area contributed by atoms with Gasteiger partial charge in [-0.2, -0.15) is 0 Å². The minimum atomic E-state index is -1.19. The standard InChI is InChI=1S/C42H54FN3O5/c1-26-25-46-37(40(3,4)5)34-29-15-12-14-28(23-29)31-17-16-30(43)24-32(31)50-27(2)13-10-11-22-49-42(9)18-20-45(21-19-42)35(38(46)44-34)33(26)36(39(47)48)51-41(6,7)8/h12,14-17,23-25,27,36H,10-11,13,18-22H2,1-9H3,(H,47,48). The molecule has 1 saturated heterocycles. The second-order valence-electron chi connectivity index (χ2n) is 16.7. The number of pyridine rings is 1. The Balaban J connectivity index is 1.63. The first kappa shape index (κ1) is 36.8. The smallest absolute Gasteiger partial charge is 0.337 e. The summed E-state index contributed by atoms with van der Waals surface area (Å²) in [5.41, 5.74) is 6.02. The molecule has 8 nitrogen and oxygen atoms in total. The lowest BCUT2D eigenvalue weighted by atomic mass is 9.88. The second-order valence-corrected chi connectivity index (χ2v) is 16.7. The molecule has 0 saturated carbocycles. The zero-order valence-electron chi connectivity index (χ0n) is 31.7. The highest BCUT2D eigenvalue weighted by Crippen LogP contribution is 2.44. The van der Waals surface area contributed by atoms with Gasteiger partial charge in [-0.3, -0.25) is 0 Å². The van der Waals surface area contributed by atoms with Crippen molar-refractivity contribution in [2.45, 2.75) is 123 Å². The van der Waals surface area contributed by atoms with Crippen LogP contribution in [0.2, 0.25) is 0 Å². The van der Waals surface area contributed by atoms with Crippen molar-refractivity contribution in [3.05, 3.63) is 71.3 Å². The highest BCUT2D eigenvalue weighted by atomic mass is 19.1. The number of aromatic nitrogens is 2. The van der Waals surface area contributed by atoms with E-state index in [1.165, 1.54) is 12.1 Å². The van der Waals surface area contributed by atoms with Gasteiger partial charge in [-0.15, -0.1) is 0 Å². The first-order valence-corrected chi connectivity index (χ1v) is 18.4. The van der Waals surface area contributed by atoms with E-state index in [0.717, 1.165) is 71.4 Å². The molecule has 5 heterocycles. The molecule has 274 valence electrons. The number of hydrogen-bond acceptors (Lipinski definition) is 6. The fourth-order valence-electron chi connectivity index (χ4n) is 7.58. The minimum absolute atomic E-state index is 0.100. The summed E-state index contributed by atoms with van der Waals surface area (Å²) >= 11 is 0. The van der Waals surface area contributed by atoms with Crippen molar-refractivity contribution in [3.63, 3.8) is 0 Å². The lowest BCUT2D eigenvalue weighted by Crippen LogP contribution is -2.45. The van der Waals surface area contributed by atoms with E-state index >= 15 is 0 Å². The van der Waals surface area contributed by atoms with E-state index < -0.39 is 17.7 Å². The zero-order chi connectivity index (χ0) is 36.9. The maximum atomic E-state index is 14.6. The van der Waals surface area contributed by atoms with Crippen LogP contribution < -0.4 is 9.64 Å². The highest BCUT2D eigenvalue weighted by molar-refractivity contribution is 5.86. The molecule has 3 aliphatic rings. The predicted octanol–water partition coefficient (Wildman–Crippen LogP) is 9.68. The van der Waals surface area contributed by atoms with Gasteiger partial charge in [-0.05, 0) is 103 Å². The Kier molecular flexibility index (Phi) is 10.0. The van der Waals surface area contributed by atoms with E-state index in [-0.39, 0.29) is 22.9 Å². The summed E-state index contributed by atoms with van der Waals surface area (Å²) < 4.78 is 36.1. The van der Waals surface area contributed by atoms with Crippen molar-refractivity contribution < 1.29 is 28.5 Å². The van der Waals surface area contributed by atoms with Crippen LogP contribution in [0.1, 0.15) is 110 Å². The predicted molar refractivity (Wildman–Crippen MR) is 200 cm³/mol. The van der Waals surface area contributed by atoms with Crippen LogP contribution in [0.25, 0.3) is 28.0 Å². The molecule has 2 atom stereocenters. The van der Waals surface area contributed by atoms with Gasteiger partial charge in [-0.1, -0.05) is 39.0 Å². The van der Waals surface area contributed by atoms with Crippen LogP contribution in [0.3, 0.4) is 0 Å². The van der Waals surface area contributed by atoms with Crippen molar-refractivity contribution in [2.75, 3.05) is 24.6 Å². The Labute approximate surface area is 301 Å². The van der Waals surface area contributed by atoms with Crippen LogP contribution >= 0.6 is 0 Å². The summed E-state index contributed by atoms with van der Waals surface area (Å²) in [5.74, 6) is -0.870. The van der Waals surface area contributed by atoms with Crippen LogP contribution in [0.15, 0.2) is 48.7 Å². The third kappa shape index (κ3) is 7.80. The van der Waals surface area contributed by atoms with E-state index in [2.05, 4.69) is 49.1 Å². The lowest BCUT2D eigenvalue weighted by Gasteiger charge is -2.41. The Hall–Kier alpha value is -3.95. The number of aliphatic carboxylic acids is 1. The maximum Gasteiger partial charge on any atom is 0.337 e. The molecular formula is C42H54FN3O5. The lowest BCUT2D eigenvalue weighted by molar-refractivity contribution is -0.160. The Morgan fingerprint density at radius 2 is 1.76 bits per heavy atom. The number of carboxylic acid groups (broad SMARTS) is 1. The maximum absolute atomic E-state index is 14.6. The van der Waals surface area contributed by atoms with Gasteiger partial charge in [0, 0.05) is 54.1 Å². The van der Waals surface area contributed by atoms with Gasteiger partial charge in [0.2, 0.25) is 0 Å². The summed E-state index contributed by atoms with van der Waals surface area (Å²) in [7, 11) is 0. The first-order valence-electron chi connectivity index (χ1n) is 18.4. The van der Waals surface area contributed by atoms with Crippen molar-refractivity contribution in [3.8, 4) is 28.1 Å². The quantitative estimate of drug-likeness (QED) is 0.228. The third-order valence-corrected chi connectivity index (χ3v) is 10.1. The molecule has 3 aliphatic heterocycles. The number of fused-ring (bicyclic) bond motifs is 8. The highest BCUT2D eigenvalue weighted by Gasteiger charge is 2.38. The number of rotatable bonds is 3. The molecule has 1 N–H and O–H groups in total. The van der Waals surface area contributed by atoms with Crippen LogP contribution in [-0.2, 0) is 19.7 Å². The Morgan fingerprint density at radius 1 is 1.06 bits per heavy atom. The van der Waals surface area contributed by atoms with Gasteiger partial charge < -0.3 is 28.6 Å². The molecule has 6 bridgehead atoms. The van der Waals surface area contributed by atoms with Gasteiger partial charge in [-0.25, -0.2) is 14.2 Å². The number of nitrogens with zero attached hydrogens (tertiary/aromatic N) is 3. The summed E-state index contributed by atoms with van der Waals surface area (Å²) in [6.07, 6.45) is 4.94. The van der Waals surface area contributed by atoms with Gasteiger partial charge in [0.1, 0.15) is 11.6 Å². The number of ether oxygens (including phenoxy) is 3. The van der Waals surface area contributed by atoms with E-state index in [9.17, 15) is 14.3 Å². The first-order chi connectivity index (χ1) is 23.9. The van der Waals surface area contributed by atoms with E-state index in [1.807, 2.05) is 52.9 Å². The largest absolute Gasteiger partial charge is 0.490 e. The number of carboxylic acids is 1. The van der Waals surface area contributed by atoms with Crippen molar-refractivity contribution >= 4 is 17.3 Å². The molecule has 51 heavy (non-hydrogen) atoms. The molecule has 0 spiro atoms. The monoisotopic (exact) mass is 699 g/mol. The second kappa shape index (κ2) is 13.9. The van der Waals surface area contributed by atoms with Gasteiger partial charge in [0.25, 0.3) is 0 Å². The normalized spacial score (nSPS) is 21.0. The Bertz CT molecular complexity index is 1910. The van der Waals surface area contributed by atoms with Gasteiger partial charge >= 0.3 is 5.97 Å². The van der Waals surface area contributed by atoms with E-state index in [0.29, 0.717) is 36.7 Å². The van der Waals surface area contributed by atoms with Gasteiger partial charge in [0.05, 0.1) is 34.4 Å². The minimum Gasteiger partial charge on any atom is -0.490 e. The molecule has 0 radical (unpaired) electrons. The average Bonchev–Trinajstić information content (AvgIpc) is 3.42. The van der Waals surface area contributed by atoms with Crippen LogP contribution in [0, 0.1) is 12.7 Å². The van der Waals surface area contributed by atoms with Crippen molar-refractivity contribution in [1.82, 2.24) is 9.38 Å². The molecule has 0 amide bonds. The number of piperidine rings is 1. The summed E-state index contributed by atoms with van der Waals surface area (Å²) in [5, 5.41) is 10.7. The fourth-order valence-corrected chi connectivity index (χ4v) is 7.58. The number of anilines is 1. The number of aryl methyl sites for hydroxylation is 1. The molecule has 2 aromatic carbocycles. The molecular weight excluding hydrogens is 645 g/mol. The summed E-state index contributed by atoms with van der Waals surface area (Å²) in [6.45, 7) is 20.4. The summed E-state index contributed by atoms with van der Waals surface area (Å²) in [4.78, 5) is 20.8. The molecule has 9 heteroatoms. The number of hydrogen-bond donors (Lipinski definition) is 1. The molecule has 4 aromatic rings.